The van der Waals surface area contributed by atoms with Crippen molar-refractivity contribution < 1.29 is 19.1 Å². The van der Waals surface area contributed by atoms with Gasteiger partial charge in [0.25, 0.3) is 0 Å². The van der Waals surface area contributed by atoms with Gasteiger partial charge < -0.3 is 15.0 Å². The Morgan fingerprint density at radius 3 is 2.60 bits per heavy atom. The molecule has 2 atom stereocenters. The first-order valence-electron chi connectivity index (χ1n) is 14.5. The highest BCUT2D eigenvalue weighted by atomic mass is 16.5. The lowest BCUT2D eigenvalue weighted by Gasteiger charge is -2.44. The first-order valence-corrected chi connectivity index (χ1v) is 14.5. The van der Waals surface area contributed by atoms with Crippen LogP contribution in [-0.2, 0) is 32.1 Å². The highest BCUT2D eigenvalue weighted by Gasteiger charge is 2.55. The molecule has 3 aromatic rings. The van der Waals surface area contributed by atoms with E-state index in [2.05, 4.69) is 35.6 Å². The van der Waals surface area contributed by atoms with Crippen molar-refractivity contribution in [1.29, 1.82) is 0 Å². The molecule has 1 N–H and O–H groups in total. The Kier molecular flexibility index (Phi) is 8.63. The zero-order chi connectivity index (χ0) is 28.0. The van der Waals surface area contributed by atoms with Crippen molar-refractivity contribution >= 4 is 28.6 Å². The Morgan fingerprint density at radius 1 is 1.00 bits per heavy atom. The van der Waals surface area contributed by atoms with Gasteiger partial charge in [-0.1, -0.05) is 78.9 Å². The minimum Gasteiger partial charge on any atom is -0.465 e. The van der Waals surface area contributed by atoms with E-state index in [0.29, 0.717) is 32.4 Å². The highest BCUT2D eigenvalue weighted by molar-refractivity contribution is 5.93. The summed E-state index contributed by atoms with van der Waals surface area (Å²) in [4.78, 5) is 42.1. The monoisotopic (exact) mass is 538 g/mol. The van der Waals surface area contributed by atoms with Gasteiger partial charge in [-0.25, -0.2) is 0 Å². The molecule has 6 heteroatoms. The van der Waals surface area contributed by atoms with Gasteiger partial charge in [0.1, 0.15) is 5.41 Å². The summed E-state index contributed by atoms with van der Waals surface area (Å²) in [6, 6.07) is 24.5. The number of hydrogen-bond acceptors (Lipinski definition) is 4. The molecule has 6 nitrogen and oxygen atoms in total. The van der Waals surface area contributed by atoms with Crippen molar-refractivity contribution in [3.05, 3.63) is 95.7 Å². The molecule has 1 aliphatic carbocycles. The Balaban J connectivity index is 1.30. The minimum atomic E-state index is -0.894. The largest absolute Gasteiger partial charge is 0.465 e. The van der Waals surface area contributed by atoms with Crippen molar-refractivity contribution in [2.24, 2.45) is 11.3 Å². The van der Waals surface area contributed by atoms with Crippen LogP contribution in [0.3, 0.4) is 0 Å². The second-order valence-electron chi connectivity index (χ2n) is 10.9. The molecule has 1 saturated heterocycles. The first-order chi connectivity index (χ1) is 19.5. The molecule has 208 valence electrons. The molecule has 0 saturated carbocycles. The number of hydrogen-bond donors (Lipinski definition) is 1. The Labute approximate surface area is 236 Å². The molecule has 1 aliphatic heterocycles. The van der Waals surface area contributed by atoms with Crippen LogP contribution in [0, 0.1) is 11.3 Å². The Hall–Kier alpha value is -3.93. The molecule has 0 radical (unpaired) electrons. The van der Waals surface area contributed by atoms with Gasteiger partial charge >= 0.3 is 5.97 Å². The number of rotatable bonds is 11. The molecule has 3 aromatic carbocycles. The molecule has 2 amide bonds. The number of piperidine rings is 1. The molecule has 1 fully saturated rings. The van der Waals surface area contributed by atoms with Crippen LogP contribution < -0.4 is 5.32 Å². The van der Waals surface area contributed by atoms with Gasteiger partial charge in [0.15, 0.2) is 0 Å². The minimum absolute atomic E-state index is 0.0675. The van der Waals surface area contributed by atoms with E-state index in [0.717, 1.165) is 41.3 Å². The van der Waals surface area contributed by atoms with Crippen LogP contribution in [0.25, 0.3) is 10.8 Å². The average molecular weight is 539 g/mol. The second kappa shape index (κ2) is 12.5. The number of allylic oxidation sites excluding steroid dienone is 1. The fourth-order valence-electron chi connectivity index (χ4n) is 6.31. The number of esters is 1. The van der Waals surface area contributed by atoms with Crippen LogP contribution in [0.4, 0.5) is 0 Å². The summed E-state index contributed by atoms with van der Waals surface area (Å²) in [6.45, 7) is 3.00. The lowest BCUT2D eigenvalue weighted by molar-refractivity contribution is -0.161. The Bertz CT molecular complexity index is 1390. The maximum absolute atomic E-state index is 14.0. The van der Waals surface area contributed by atoms with E-state index in [1.807, 2.05) is 48.5 Å². The SMILES string of the molecule is CCOC(=O)[C@]12CCC=C1N(Cc1cccc3ccccc13)C(=O)[C@H](CC(=O)NCCCCc1ccccc1)C2. The molecule has 2 aliphatic rings. The van der Waals surface area contributed by atoms with Crippen LogP contribution >= 0.6 is 0 Å². The number of ether oxygens (including phenoxy) is 1. The number of carbonyl (C=O) groups is 3. The number of nitrogens with zero attached hydrogens (tertiary/aromatic N) is 1. The fraction of sp³-hybridized carbons (Fsp3) is 0.382. The molecule has 40 heavy (non-hydrogen) atoms. The summed E-state index contributed by atoms with van der Waals surface area (Å²) in [5.41, 5.74) is 2.15. The van der Waals surface area contributed by atoms with Crippen LogP contribution in [0.15, 0.2) is 84.6 Å². The maximum atomic E-state index is 14.0. The molecule has 5 rings (SSSR count). The summed E-state index contributed by atoms with van der Waals surface area (Å²) in [5, 5.41) is 5.19. The van der Waals surface area contributed by atoms with Crippen LogP contribution in [-0.4, -0.2) is 35.8 Å². The standard InChI is InChI=1S/C34H38N2O4/c1-2-40-33(39)34-20-11-19-30(34)36(24-27-17-10-16-26-15-6-7-18-29(26)27)32(38)28(23-34)22-31(37)35-21-9-8-14-25-12-4-3-5-13-25/h3-7,10,12-13,15-19,28H,2,8-9,11,14,20-24H2,1H3,(H,35,37)/t28-,34+/m1/s1. The van der Waals surface area contributed by atoms with E-state index in [9.17, 15) is 14.4 Å². The zero-order valence-electron chi connectivity index (χ0n) is 23.2. The van der Waals surface area contributed by atoms with Gasteiger partial charge in [-0.05, 0) is 67.3 Å². The predicted molar refractivity (Wildman–Crippen MR) is 156 cm³/mol. The molecule has 0 unspecified atom stereocenters. The van der Waals surface area contributed by atoms with E-state index >= 15 is 0 Å². The molecule has 0 bridgehead atoms. The summed E-state index contributed by atoms with van der Waals surface area (Å²) in [7, 11) is 0. The number of fused-ring (bicyclic) bond motifs is 2. The van der Waals surface area contributed by atoms with Crippen molar-refractivity contribution in [2.75, 3.05) is 13.2 Å². The number of aryl methyl sites for hydroxylation is 1. The number of carbonyl (C=O) groups excluding carboxylic acids is 3. The fourth-order valence-corrected chi connectivity index (χ4v) is 6.31. The normalized spacial score (nSPS) is 20.2. The number of benzene rings is 3. The van der Waals surface area contributed by atoms with Gasteiger partial charge in [0.05, 0.1) is 13.2 Å². The number of amides is 2. The Morgan fingerprint density at radius 2 is 1.77 bits per heavy atom. The topological polar surface area (TPSA) is 75.7 Å². The molecular formula is C34H38N2O4. The average Bonchev–Trinajstić information content (AvgIpc) is 3.41. The predicted octanol–water partition coefficient (Wildman–Crippen LogP) is 5.94. The molecular weight excluding hydrogens is 500 g/mol. The lowest BCUT2D eigenvalue weighted by Crippen LogP contribution is -2.52. The maximum Gasteiger partial charge on any atom is 0.318 e. The third kappa shape index (κ3) is 5.81. The van der Waals surface area contributed by atoms with Gasteiger partial charge in [-0.15, -0.1) is 0 Å². The van der Waals surface area contributed by atoms with Gasteiger partial charge in [-0.2, -0.15) is 0 Å². The summed E-state index contributed by atoms with van der Waals surface area (Å²) >= 11 is 0. The highest BCUT2D eigenvalue weighted by Crippen LogP contribution is 2.51. The molecule has 0 spiro atoms. The van der Waals surface area contributed by atoms with Crippen LogP contribution in [0.1, 0.15) is 56.6 Å². The third-order valence-electron chi connectivity index (χ3n) is 8.26. The van der Waals surface area contributed by atoms with Crippen LogP contribution in [0.2, 0.25) is 0 Å². The number of nitrogens with one attached hydrogen (secondary N) is 1. The molecule has 0 aromatic heterocycles. The first kappa shape index (κ1) is 27.6. The van der Waals surface area contributed by atoms with Crippen molar-refractivity contribution in [3.8, 4) is 0 Å². The molecule has 1 heterocycles. The summed E-state index contributed by atoms with van der Waals surface area (Å²) < 4.78 is 5.55. The van der Waals surface area contributed by atoms with E-state index in [4.69, 9.17) is 4.74 Å². The van der Waals surface area contributed by atoms with Crippen molar-refractivity contribution in [1.82, 2.24) is 10.2 Å². The summed E-state index contributed by atoms with van der Waals surface area (Å²) in [6.07, 6.45) is 6.51. The van der Waals surface area contributed by atoms with Crippen molar-refractivity contribution in [3.63, 3.8) is 0 Å². The van der Waals surface area contributed by atoms with Gasteiger partial charge in [0, 0.05) is 24.6 Å². The van der Waals surface area contributed by atoms with Gasteiger partial charge in [0.2, 0.25) is 11.8 Å². The smallest absolute Gasteiger partial charge is 0.318 e. The van der Waals surface area contributed by atoms with Crippen LogP contribution in [0.5, 0.6) is 0 Å². The lowest BCUT2D eigenvalue weighted by atomic mass is 9.71. The van der Waals surface area contributed by atoms with E-state index in [-0.39, 0.29) is 30.8 Å². The quantitative estimate of drug-likeness (QED) is 0.242. The second-order valence-corrected chi connectivity index (χ2v) is 10.9. The zero-order valence-corrected chi connectivity index (χ0v) is 23.2. The third-order valence-corrected chi connectivity index (χ3v) is 8.26. The summed E-state index contributed by atoms with van der Waals surface area (Å²) in [5.74, 6) is -1.12. The van der Waals surface area contributed by atoms with Crippen molar-refractivity contribution in [2.45, 2.75) is 58.4 Å². The number of unbranched alkanes of at least 4 members (excludes halogenated alkanes) is 1. The van der Waals surface area contributed by atoms with Gasteiger partial charge in [-0.3, -0.25) is 14.4 Å². The number of likely N-dealkylation sites (tertiary alicyclic amines) is 1. The van der Waals surface area contributed by atoms with E-state index in [1.54, 1.807) is 11.8 Å². The van der Waals surface area contributed by atoms with E-state index < -0.39 is 11.3 Å². The van der Waals surface area contributed by atoms with E-state index in [1.165, 1.54) is 5.56 Å².